The van der Waals surface area contributed by atoms with E-state index in [-0.39, 0.29) is 11.9 Å². The summed E-state index contributed by atoms with van der Waals surface area (Å²) in [4.78, 5) is 20.6. The molecule has 1 saturated heterocycles. The first-order chi connectivity index (χ1) is 10.6. The lowest BCUT2D eigenvalue weighted by Gasteiger charge is -2.36. The first kappa shape index (κ1) is 13.9. The van der Waals surface area contributed by atoms with E-state index < -0.39 is 5.82 Å². The van der Waals surface area contributed by atoms with Crippen LogP contribution >= 0.6 is 12.2 Å². The van der Waals surface area contributed by atoms with E-state index in [2.05, 4.69) is 9.97 Å². The Bertz CT molecular complexity index is 796. The molecule has 1 saturated carbocycles. The molecule has 7 heteroatoms. The molecule has 0 radical (unpaired) electrons. The normalized spacial score (nSPS) is 22.2. The lowest BCUT2D eigenvalue weighted by Crippen LogP contribution is -2.49. The van der Waals surface area contributed by atoms with Crippen molar-refractivity contribution in [2.24, 2.45) is 5.92 Å². The van der Waals surface area contributed by atoms with Crippen molar-refractivity contribution in [2.75, 3.05) is 19.8 Å². The average molecular weight is 321 g/mol. The molecule has 2 N–H and O–H groups in total. The molecule has 2 heterocycles. The monoisotopic (exact) mass is 321 g/mol. The standard InChI is InChI=1S/C15H16FN3O2S/c16-9-5-10(13-11(6-9)17-15(22)18-13)14(20)19-3-4-21-7-12(19)8-1-2-8/h5-6,8,12H,1-4,7H2,(H2,17,18,22)/t12-/m1/s1. The second kappa shape index (κ2) is 5.17. The van der Waals surface area contributed by atoms with E-state index in [1.807, 2.05) is 4.90 Å². The van der Waals surface area contributed by atoms with Gasteiger partial charge >= 0.3 is 0 Å². The fourth-order valence-corrected chi connectivity index (χ4v) is 3.39. The van der Waals surface area contributed by atoms with Gasteiger partial charge in [-0.25, -0.2) is 4.39 Å². The van der Waals surface area contributed by atoms with E-state index in [0.29, 0.717) is 47.0 Å². The molecule has 1 atom stereocenters. The second-order valence-electron chi connectivity index (χ2n) is 5.93. The van der Waals surface area contributed by atoms with E-state index in [1.165, 1.54) is 12.1 Å². The number of nitrogens with zero attached hydrogens (tertiary/aromatic N) is 1. The molecule has 1 aliphatic heterocycles. The minimum atomic E-state index is -0.447. The summed E-state index contributed by atoms with van der Waals surface area (Å²) in [6.07, 6.45) is 2.26. The molecule has 1 aromatic carbocycles. The number of ether oxygens (including phenoxy) is 1. The molecule has 1 aromatic heterocycles. The van der Waals surface area contributed by atoms with Crippen LogP contribution in [0.3, 0.4) is 0 Å². The number of carbonyl (C=O) groups is 1. The summed E-state index contributed by atoms with van der Waals surface area (Å²) in [5, 5.41) is 0. The Morgan fingerprint density at radius 1 is 1.36 bits per heavy atom. The maximum Gasteiger partial charge on any atom is 0.256 e. The number of halogens is 1. The Balaban J connectivity index is 1.76. The molecular formula is C15H16FN3O2S. The summed E-state index contributed by atoms with van der Waals surface area (Å²) in [5.74, 6) is -0.0923. The maximum atomic E-state index is 13.8. The Hall–Kier alpha value is -1.73. The Kier molecular flexibility index (Phi) is 3.27. The Labute approximate surface area is 131 Å². The van der Waals surface area contributed by atoms with Crippen LogP contribution in [-0.4, -0.2) is 46.6 Å². The third kappa shape index (κ3) is 2.34. The van der Waals surface area contributed by atoms with Gasteiger partial charge in [0.05, 0.1) is 35.9 Å². The predicted octanol–water partition coefficient (Wildman–Crippen LogP) is 2.62. The molecule has 1 amide bonds. The minimum absolute atomic E-state index is 0.0986. The van der Waals surface area contributed by atoms with Gasteiger partial charge in [0.25, 0.3) is 5.91 Å². The molecule has 4 rings (SSSR count). The first-order valence-electron chi connectivity index (χ1n) is 7.44. The van der Waals surface area contributed by atoms with Crippen molar-refractivity contribution in [3.63, 3.8) is 0 Å². The number of hydrogen-bond acceptors (Lipinski definition) is 3. The van der Waals surface area contributed by atoms with Crippen LogP contribution in [0.5, 0.6) is 0 Å². The van der Waals surface area contributed by atoms with Crippen molar-refractivity contribution in [3.05, 3.63) is 28.3 Å². The minimum Gasteiger partial charge on any atom is -0.377 e. The fraction of sp³-hybridized carbons (Fsp3) is 0.467. The molecule has 0 bridgehead atoms. The van der Waals surface area contributed by atoms with Crippen LogP contribution in [0.4, 0.5) is 4.39 Å². The van der Waals surface area contributed by atoms with Crippen LogP contribution in [0.15, 0.2) is 12.1 Å². The molecule has 2 aliphatic rings. The highest BCUT2D eigenvalue weighted by molar-refractivity contribution is 7.71. The molecule has 2 aromatic rings. The Morgan fingerprint density at radius 3 is 2.95 bits per heavy atom. The highest BCUT2D eigenvalue weighted by Gasteiger charge is 2.39. The van der Waals surface area contributed by atoms with Crippen LogP contribution in [0, 0.1) is 16.5 Å². The number of amides is 1. The summed E-state index contributed by atoms with van der Waals surface area (Å²) in [5.41, 5.74) is 1.41. The number of aromatic nitrogens is 2. The summed E-state index contributed by atoms with van der Waals surface area (Å²) in [6.45, 7) is 1.64. The van der Waals surface area contributed by atoms with Gasteiger partial charge in [0.2, 0.25) is 0 Å². The summed E-state index contributed by atoms with van der Waals surface area (Å²) in [7, 11) is 0. The number of carbonyl (C=O) groups excluding carboxylic acids is 1. The van der Waals surface area contributed by atoms with Crippen molar-refractivity contribution in [1.29, 1.82) is 0 Å². The molecule has 5 nitrogen and oxygen atoms in total. The van der Waals surface area contributed by atoms with Crippen molar-refractivity contribution >= 4 is 29.2 Å². The molecule has 0 spiro atoms. The highest BCUT2D eigenvalue weighted by Crippen LogP contribution is 2.37. The summed E-state index contributed by atoms with van der Waals surface area (Å²) < 4.78 is 19.7. The number of aromatic amines is 2. The van der Waals surface area contributed by atoms with Gasteiger partial charge in [0.15, 0.2) is 4.77 Å². The quantitative estimate of drug-likeness (QED) is 0.836. The zero-order valence-electron chi connectivity index (χ0n) is 11.9. The molecule has 116 valence electrons. The van der Waals surface area contributed by atoms with Crippen LogP contribution in [0.1, 0.15) is 23.2 Å². The fourth-order valence-electron chi connectivity index (χ4n) is 3.18. The number of benzene rings is 1. The lowest BCUT2D eigenvalue weighted by atomic mass is 10.1. The third-order valence-electron chi connectivity index (χ3n) is 4.41. The number of hydrogen-bond donors (Lipinski definition) is 2. The van der Waals surface area contributed by atoms with Crippen LogP contribution in [-0.2, 0) is 4.74 Å². The van der Waals surface area contributed by atoms with Crippen LogP contribution in [0.2, 0.25) is 0 Å². The van der Waals surface area contributed by atoms with Crippen molar-refractivity contribution in [3.8, 4) is 0 Å². The smallest absolute Gasteiger partial charge is 0.256 e. The number of rotatable bonds is 2. The van der Waals surface area contributed by atoms with Gasteiger partial charge in [-0.3, -0.25) is 4.79 Å². The molecule has 0 unspecified atom stereocenters. The SMILES string of the molecule is O=C(c1cc(F)cc2[nH]c(=S)[nH]c12)N1CCOC[C@@H]1C1CC1. The molecular weight excluding hydrogens is 305 g/mol. The van der Waals surface area contributed by atoms with Gasteiger partial charge in [-0.05, 0) is 43.1 Å². The van der Waals surface area contributed by atoms with Crippen LogP contribution in [0.25, 0.3) is 11.0 Å². The highest BCUT2D eigenvalue weighted by atomic mass is 32.1. The van der Waals surface area contributed by atoms with Crippen molar-refractivity contribution in [2.45, 2.75) is 18.9 Å². The summed E-state index contributed by atoms with van der Waals surface area (Å²) in [6, 6.07) is 2.72. The number of morpholine rings is 1. The van der Waals surface area contributed by atoms with Crippen LogP contribution < -0.4 is 0 Å². The van der Waals surface area contributed by atoms with Crippen molar-refractivity contribution in [1.82, 2.24) is 14.9 Å². The van der Waals surface area contributed by atoms with Gasteiger partial charge in [0, 0.05) is 6.54 Å². The van der Waals surface area contributed by atoms with E-state index in [0.717, 1.165) is 12.8 Å². The largest absolute Gasteiger partial charge is 0.377 e. The summed E-state index contributed by atoms with van der Waals surface area (Å²) >= 11 is 5.06. The van der Waals surface area contributed by atoms with E-state index in [9.17, 15) is 9.18 Å². The maximum absolute atomic E-state index is 13.8. The molecule has 22 heavy (non-hydrogen) atoms. The van der Waals surface area contributed by atoms with Gasteiger partial charge in [-0.1, -0.05) is 0 Å². The number of fused-ring (bicyclic) bond motifs is 1. The van der Waals surface area contributed by atoms with Gasteiger partial charge in [0.1, 0.15) is 5.82 Å². The van der Waals surface area contributed by atoms with E-state index in [4.69, 9.17) is 17.0 Å². The second-order valence-corrected chi connectivity index (χ2v) is 6.34. The average Bonchev–Trinajstić information content (AvgIpc) is 3.28. The van der Waals surface area contributed by atoms with E-state index in [1.54, 1.807) is 0 Å². The Morgan fingerprint density at radius 2 is 2.18 bits per heavy atom. The third-order valence-corrected chi connectivity index (χ3v) is 4.62. The van der Waals surface area contributed by atoms with Crippen molar-refractivity contribution < 1.29 is 13.9 Å². The van der Waals surface area contributed by atoms with Gasteiger partial charge < -0.3 is 19.6 Å². The number of imidazole rings is 1. The van der Waals surface area contributed by atoms with Gasteiger partial charge in [-0.15, -0.1) is 0 Å². The topological polar surface area (TPSA) is 61.1 Å². The van der Waals surface area contributed by atoms with Gasteiger partial charge in [-0.2, -0.15) is 0 Å². The number of nitrogens with one attached hydrogen (secondary N) is 2. The zero-order valence-corrected chi connectivity index (χ0v) is 12.7. The first-order valence-corrected chi connectivity index (χ1v) is 7.84. The predicted molar refractivity (Wildman–Crippen MR) is 81.8 cm³/mol. The number of H-pyrrole nitrogens is 2. The molecule has 1 aliphatic carbocycles. The molecule has 2 fully saturated rings. The lowest BCUT2D eigenvalue weighted by molar-refractivity contribution is -0.00826. The van der Waals surface area contributed by atoms with E-state index >= 15 is 0 Å². The zero-order chi connectivity index (χ0) is 15.3.